The molecule has 2 heterocycles. The Hall–Kier alpha value is -3.49. The maximum atomic E-state index is 14.3. The Labute approximate surface area is 222 Å². The molecule has 0 amide bonds. The molecule has 0 saturated heterocycles. The minimum atomic E-state index is -3.56. The number of hydrogen-bond donors (Lipinski definition) is 2. The topological polar surface area (TPSA) is 134 Å². The van der Waals surface area contributed by atoms with Crippen molar-refractivity contribution in [1.29, 1.82) is 0 Å². The van der Waals surface area contributed by atoms with E-state index in [1.165, 1.54) is 6.33 Å². The molecule has 38 heavy (non-hydrogen) atoms. The van der Waals surface area contributed by atoms with Gasteiger partial charge in [-0.3, -0.25) is 9.36 Å². The van der Waals surface area contributed by atoms with Crippen LogP contribution in [0.3, 0.4) is 0 Å². The van der Waals surface area contributed by atoms with E-state index in [4.69, 9.17) is 15.0 Å². The van der Waals surface area contributed by atoms with E-state index in [0.717, 1.165) is 10.8 Å². The number of rotatable bonds is 11. The molecule has 4 rings (SSSR count). The highest BCUT2D eigenvalue weighted by atomic mass is 31.2. The summed E-state index contributed by atoms with van der Waals surface area (Å²) in [5, 5.41) is 5.04. The summed E-state index contributed by atoms with van der Waals surface area (Å²) in [6.07, 6.45) is 3.54. The first-order valence-electron chi connectivity index (χ1n) is 12.6. The van der Waals surface area contributed by atoms with Crippen LogP contribution in [0.5, 0.6) is 5.75 Å². The van der Waals surface area contributed by atoms with Gasteiger partial charge in [0, 0.05) is 12.7 Å². The number of esters is 1. The molecular formula is C27H35N6O4P. The largest absolute Gasteiger partial charge is 0.462 e. The minimum Gasteiger partial charge on any atom is -0.462 e. The lowest BCUT2D eigenvalue weighted by atomic mass is 10.1. The molecule has 0 bridgehead atoms. The summed E-state index contributed by atoms with van der Waals surface area (Å²) in [5.41, 5.74) is 5.89. The second kappa shape index (κ2) is 11.1. The van der Waals surface area contributed by atoms with Gasteiger partial charge in [-0.25, -0.2) is 20.0 Å². The molecule has 0 aliphatic rings. The summed E-state index contributed by atoms with van der Waals surface area (Å²) in [4.78, 5) is 25.4. The summed E-state index contributed by atoms with van der Waals surface area (Å²) in [5.74, 6) is 0.386. The van der Waals surface area contributed by atoms with E-state index in [9.17, 15) is 9.36 Å². The Morgan fingerprint density at radius 2 is 1.84 bits per heavy atom. The summed E-state index contributed by atoms with van der Waals surface area (Å²) in [7, 11) is -3.56. The molecule has 0 spiro atoms. The lowest BCUT2D eigenvalue weighted by Crippen LogP contribution is -2.47. The van der Waals surface area contributed by atoms with Gasteiger partial charge in [0.1, 0.15) is 23.1 Å². The van der Waals surface area contributed by atoms with Crippen molar-refractivity contribution in [2.45, 2.75) is 59.2 Å². The third kappa shape index (κ3) is 6.49. The van der Waals surface area contributed by atoms with E-state index in [2.05, 4.69) is 27.0 Å². The number of ether oxygens (including phenoxy) is 1. The van der Waals surface area contributed by atoms with Crippen LogP contribution in [0, 0.1) is 5.92 Å². The van der Waals surface area contributed by atoms with Crippen molar-refractivity contribution in [3.05, 3.63) is 55.1 Å². The number of benzene rings is 2. The number of nitrogens with zero attached hydrogens (tertiary/aromatic N) is 4. The van der Waals surface area contributed by atoms with E-state index >= 15 is 0 Å². The van der Waals surface area contributed by atoms with Gasteiger partial charge in [-0.05, 0) is 62.9 Å². The van der Waals surface area contributed by atoms with Crippen LogP contribution in [0.4, 0.5) is 5.82 Å². The van der Waals surface area contributed by atoms with Crippen LogP contribution in [-0.2, 0) is 20.6 Å². The first-order valence-corrected chi connectivity index (χ1v) is 14.5. The third-order valence-electron chi connectivity index (χ3n) is 6.13. The van der Waals surface area contributed by atoms with Gasteiger partial charge in [-0.2, -0.15) is 0 Å². The quantitative estimate of drug-likeness (QED) is 0.196. The minimum absolute atomic E-state index is 0.0876. The summed E-state index contributed by atoms with van der Waals surface area (Å²) in [6, 6.07) is 13.4. The Morgan fingerprint density at radius 3 is 2.58 bits per heavy atom. The number of nitrogens with two attached hydrogens (primary N) is 1. The maximum absolute atomic E-state index is 14.3. The Morgan fingerprint density at radius 1 is 1.11 bits per heavy atom. The normalized spacial score (nSPS) is 14.5. The zero-order chi connectivity index (χ0) is 27.5. The summed E-state index contributed by atoms with van der Waals surface area (Å²) in [6.45, 7) is 9.49. The Balaban J connectivity index is 1.54. The molecule has 2 atom stereocenters. The van der Waals surface area contributed by atoms with Crippen molar-refractivity contribution in [3.63, 3.8) is 0 Å². The van der Waals surface area contributed by atoms with E-state index in [1.54, 1.807) is 40.1 Å². The van der Waals surface area contributed by atoms with Crippen molar-refractivity contribution in [2.75, 3.05) is 11.9 Å². The number of hydrogen-bond acceptors (Lipinski definition) is 8. The van der Waals surface area contributed by atoms with Crippen LogP contribution in [0.15, 0.2) is 55.1 Å². The molecule has 3 N–H and O–H groups in total. The molecule has 1 unspecified atom stereocenters. The fourth-order valence-corrected chi connectivity index (χ4v) is 6.63. The highest BCUT2D eigenvalue weighted by molar-refractivity contribution is 7.57. The number of nitrogens with one attached hydrogen (secondary N) is 1. The van der Waals surface area contributed by atoms with Crippen LogP contribution >= 0.6 is 7.52 Å². The van der Waals surface area contributed by atoms with Crippen molar-refractivity contribution in [1.82, 2.24) is 24.6 Å². The third-order valence-corrected chi connectivity index (χ3v) is 8.38. The molecule has 0 aliphatic heterocycles. The van der Waals surface area contributed by atoms with Gasteiger partial charge in [-0.15, -0.1) is 0 Å². The van der Waals surface area contributed by atoms with Crippen molar-refractivity contribution in [2.24, 2.45) is 5.92 Å². The number of carbonyl (C=O) groups is 1. The van der Waals surface area contributed by atoms with Crippen LogP contribution in [0.25, 0.3) is 21.9 Å². The predicted octanol–water partition coefficient (Wildman–Crippen LogP) is 5.18. The van der Waals surface area contributed by atoms with E-state index in [0.29, 0.717) is 35.7 Å². The summed E-state index contributed by atoms with van der Waals surface area (Å²) < 4.78 is 27.8. The SMILES string of the molecule is CC(C)OC(=O)C(C)(C)NP(=O)(CC[C@H](C)Cn1cnc2c(N)ncnc21)Oc1ccc2ccccc2c1. The van der Waals surface area contributed by atoms with Crippen LogP contribution < -0.4 is 15.3 Å². The fraction of sp³-hybridized carbons (Fsp3) is 0.407. The molecule has 4 aromatic rings. The Kier molecular flexibility index (Phi) is 8.04. The van der Waals surface area contributed by atoms with Gasteiger partial charge in [0.25, 0.3) is 0 Å². The molecular weight excluding hydrogens is 503 g/mol. The van der Waals surface area contributed by atoms with Gasteiger partial charge in [0.2, 0.25) is 0 Å². The number of anilines is 1. The van der Waals surface area contributed by atoms with Gasteiger partial charge in [0.15, 0.2) is 11.5 Å². The first-order chi connectivity index (χ1) is 18.0. The van der Waals surface area contributed by atoms with Gasteiger partial charge in [0.05, 0.1) is 12.4 Å². The predicted molar refractivity (Wildman–Crippen MR) is 149 cm³/mol. The molecule has 0 aliphatic carbocycles. The first kappa shape index (κ1) is 27.5. The fourth-order valence-electron chi connectivity index (χ4n) is 4.20. The highest BCUT2D eigenvalue weighted by Gasteiger charge is 2.39. The average Bonchev–Trinajstić information content (AvgIpc) is 3.26. The molecule has 2 aromatic heterocycles. The monoisotopic (exact) mass is 538 g/mol. The molecule has 0 saturated carbocycles. The number of fused-ring (bicyclic) bond motifs is 2. The molecule has 10 nitrogen and oxygen atoms in total. The maximum Gasteiger partial charge on any atom is 0.326 e. The highest BCUT2D eigenvalue weighted by Crippen LogP contribution is 2.47. The van der Waals surface area contributed by atoms with Crippen molar-refractivity contribution in [3.8, 4) is 5.75 Å². The number of imidazole rings is 1. The lowest BCUT2D eigenvalue weighted by molar-refractivity contribution is -0.153. The molecule has 2 aromatic carbocycles. The van der Waals surface area contributed by atoms with Crippen molar-refractivity contribution < 1.29 is 18.6 Å². The van der Waals surface area contributed by atoms with Crippen LogP contribution in [0.2, 0.25) is 0 Å². The molecule has 202 valence electrons. The van der Waals surface area contributed by atoms with Gasteiger partial charge in [-0.1, -0.05) is 37.3 Å². The van der Waals surface area contributed by atoms with Crippen LogP contribution in [-0.4, -0.2) is 43.3 Å². The molecule has 0 fully saturated rings. The average molecular weight is 539 g/mol. The number of carbonyl (C=O) groups excluding carboxylic acids is 1. The second-order valence-corrected chi connectivity index (χ2v) is 12.6. The summed E-state index contributed by atoms with van der Waals surface area (Å²) >= 11 is 0. The number of aromatic nitrogens is 4. The lowest BCUT2D eigenvalue weighted by Gasteiger charge is -2.31. The van der Waals surface area contributed by atoms with E-state index in [-0.39, 0.29) is 18.2 Å². The van der Waals surface area contributed by atoms with Gasteiger partial charge >= 0.3 is 13.5 Å². The van der Waals surface area contributed by atoms with Crippen molar-refractivity contribution >= 4 is 41.2 Å². The molecule has 11 heteroatoms. The number of nitrogen functional groups attached to an aromatic ring is 1. The van der Waals surface area contributed by atoms with Gasteiger partial charge < -0.3 is 19.6 Å². The second-order valence-electron chi connectivity index (χ2n) is 10.4. The Bertz CT molecular complexity index is 1480. The molecule has 0 radical (unpaired) electrons. The smallest absolute Gasteiger partial charge is 0.326 e. The van der Waals surface area contributed by atoms with E-state index < -0.39 is 19.0 Å². The zero-order valence-corrected chi connectivity index (χ0v) is 23.3. The standard InChI is InChI=1S/C27H35N6O4P/c1-18(2)36-26(34)27(4,5)32-38(35,37-22-11-10-20-8-6-7-9-21(20)14-22)13-12-19(3)15-33-17-31-23-24(28)29-16-30-25(23)33/h6-11,14,16-19H,12-13,15H2,1-5H3,(H,32,35)(H2,28,29,30)/t19-,38?/m0/s1. The van der Waals surface area contributed by atoms with Crippen LogP contribution in [0.1, 0.15) is 41.0 Å². The van der Waals surface area contributed by atoms with E-state index in [1.807, 2.05) is 41.0 Å². The zero-order valence-electron chi connectivity index (χ0n) is 22.4.